The third-order valence-corrected chi connectivity index (χ3v) is 11.6. The van der Waals surface area contributed by atoms with E-state index in [1.165, 1.54) is 76.1 Å². The summed E-state index contributed by atoms with van der Waals surface area (Å²) >= 11 is 0. The molecule has 1 aliphatic rings. The molecule has 53 heavy (non-hydrogen) atoms. The Bertz CT molecular complexity index is 3140. The van der Waals surface area contributed by atoms with Crippen LogP contribution < -0.4 is 0 Å². The molecule has 1 aliphatic carbocycles. The van der Waals surface area contributed by atoms with E-state index in [1.807, 2.05) is 6.07 Å². The molecule has 1 heterocycles. The third-order valence-electron chi connectivity index (χ3n) is 11.6. The fourth-order valence-corrected chi connectivity index (χ4v) is 9.10. The van der Waals surface area contributed by atoms with Gasteiger partial charge in [-0.3, -0.25) is 0 Å². The van der Waals surface area contributed by atoms with E-state index in [-0.39, 0.29) is 5.41 Å². The quantitative estimate of drug-likeness (QED) is 0.174. The van der Waals surface area contributed by atoms with Crippen molar-refractivity contribution in [1.82, 2.24) is 9.97 Å². The van der Waals surface area contributed by atoms with E-state index >= 15 is 0 Å². The zero-order valence-electron chi connectivity index (χ0n) is 29.6. The van der Waals surface area contributed by atoms with Crippen molar-refractivity contribution in [3.05, 3.63) is 181 Å². The van der Waals surface area contributed by atoms with E-state index in [1.54, 1.807) is 0 Å². The van der Waals surface area contributed by atoms with Crippen LogP contribution in [0.3, 0.4) is 0 Å². The summed E-state index contributed by atoms with van der Waals surface area (Å²) in [6.07, 6.45) is 0. The van der Waals surface area contributed by atoms with Crippen molar-refractivity contribution >= 4 is 53.9 Å². The van der Waals surface area contributed by atoms with Crippen LogP contribution in [-0.4, -0.2) is 9.97 Å². The Kier molecular flexibility index (Phi) is 6.33. The molecule has 0 saturated carbocycles. The highest BCUT2D eigenvalue weighted by molar-refractivity contribution is 6.33. The average Bonchev–Trinajstić information content (AvgIpc) is 3.44. The maximum atomic E-state index is 5.40. The number of aromatic nitrogens is 2. The summed E-state index contributed by atoms with van der Waals surface area (Å²) in [5.74, 6) is 0.722. The van der Waals surface area contributed by atoms with Gasteiger partial charge in [0.15, 0.2) is 5.82 Å². The van der Waals surface area contributed by atoms with E-state index < -0.39 is 0 Å². The lowest BCUT2D eigenvalue weighted by Crippen LogP contribution is -2.14. The zero-order valence-corrected chi connectivity index (χ0v) is 29.6. The highest BCUT2D eigenvalue weighted by Gasteiger charge is 2.37. The second-order valence-electron chi connectivity index (χ2n) is 14.9. The maximum Gasteiger partial charge on any atom is 0.160 e. The average molecular weight is 675 g/mol. The molecule has 0 unspecified atom stereocenters. The lowest BCUT2D eigenvalue weighted by molar-refractivity contribution is 0.661. The molecule has 0 fully saturated rings. The molecule has 2 nitrogen and oxygen atoms in total. The number of rotatable bonds is 3. The lowest BCUT2D eigenvalue weighted by atomic mass is 9.81. The van der Waals surface area contributed by atoms with Crippen molar-refractivity contribution < 1.29 is 0 Å². The molecule has 0 radical (unpaired) electrons. The number of nitrogens with zero attached hydrogens (tertiary/aromatic N) is 2. The van der Waals surface area contributed by atoms with E-state index in [4.69, 9.17) is 9.97 Å². The minimum atomic E-state index is -0.152. The van der Waals surface area contributed by atoms with Crippen molar-refractivity contribution in [2.24, 2.45) is 0 Å². The summed E-state index contributed by atoms with van der Waals surface area (Å²) in [5, 5.41) is 12.5. The van der Waals surface area contributed by atoms with Crippen molar-refractivity contribution in [2.75, 3.05) is 0 Å². The van der Waals surface area contributed by atoms with Crippen LogP contribution in [0.1, 0.15) is 25.0 Å². The molecular formula is C51H34N2. The van der Waals surface area contributed by atoms with Crippen molar-refractivity contribution in [1.29, 1.82) is 0 Å². The van der Waals surface area contributed by atoms with Crippen molar-refractivity contribution in [3.63, 3.8) is 0 Å². The predicted octanol–water partition coefficient (Wildman–Crippen LogP) is 13.5. The van der Waals surface area contributed by atoms with Gasteiger partial charge >= 0.3 is 0 Å². The van der Waals surface area contributed by atoms with Crippen LogP contribution in [0.25, 0.3) is 98.9 Å². The summed E-state index contributed by atoms with van der Waals surface area (Å²) in [4.78, 5) is 10.8. The van der Waals surface area contributed by atoms with E-state index in [9.17, 15) is 0 Å². The van der Waals surface area contributed by atoms with Crippen LogP contribution in [-0.2, 0) is 5.41 Å². The molecule has 2 heteroatoms. The fourth-order valence-electron chi connectivity index (χ4n) is 9.10. The van der Waals surface area contributed by atoms with Gasteiger partial charge in [0, 0.05) is 22.1 Å². The first-order valence-corrected chi connectivity index (χ1v) is 18.4. The fraction of sp³-hybridized carbons (Fsp3) is 0.0588. The van der Waals surface area contributed by atoms with Gasteiger partial charge in [-0.15, -0.1) is 0 Å². The minimum absolute atomic E-state index is 0.152. The smallest absolute Gasteiger partial charge is 0.160 e. The van der Waals surface area contributed by atoms with Gasteiger partial charge in [-0.2, -0.15) is 0 Å². The first-order valence-electron chi connectivity index (χ1n) is 18.4. The first kappa shape index (κ1) is 30.0. The van der Waals surface area contributed by atoms with Crippen molar-refractivity contribution in [2.45, 2.75) is 19.3 Å². The Labute approximate surface area is 308 Å². The molecule has 1 aromatic heterocycles. The van der Waals surface area contributed by atoms with Gasteiger partial charge in [0.25, 0.3) is 0 Å². The highest BCUT2D eigenvalue weighted by Crippen LogP contribution is 2.53. The standard InChI is InChI=1S/C51H34N2/c1-51(2)44-26-14-25-40(49(44)43-27-32-17-6-7-18-33(32)28-45(43)51)46-30-47(53-50(52-46)31-15-4-3-5-16-31)41-29-42-36-21-9-8-19-34(36)35-20-10-12-23-38(35)48(42)39-24-13-11-22-37(39)41/h3-30H,1-2H3. The molecule has 0 amide bonds. The zero-order chi connectivity index (χ0) is 35.3. The van der Waals surface area contributed by atoms with Crippen LogP contribution in [0, 0.1) is 0 Å². The Morgan fingerprint density at radius 1 is 0.377 bits per heavy atom. The second-order valence-corrected chi connectivity index (χ2v) is 14.9. The summed E-state index contributed by atoms with van der Waals surface area (Å²) in [7, 11) is 0. The van der Waals surface area contributed by atoms with Gasteiger partial charge in [0.2, 0.25) is 0 Å². The monoisotopic (exact) mass is 674 g/mol. The molecule has 248 valence electrons. The van der Waals surface area contributed by atoms with Gasteiger partial charge < -0.3 is 0 Å². The second kappa shape index (κ2) is 11.2. The molecule has 0 spiro atoms. The van der Waals surface area contributed by atoms with Gasteiger partial charge in [0.1, 0.15) is 0 Å². The maximum absolute atomic E-state index is 5.40. The number of benzene rings is 9. The molecule has 0 bridgehead atoms. The van der Waals surface area contributed by atoms with Gasteiger partial charge in [0.05, 0.1) is 11.4 Å². The SMILES string of the molecule is CC1(C)c2cc3ccccc3cc2-c2c(-c3cc(-c4cc5c6ccccc6c6ccccc6c5c5ccccc45)nc(-c4ccccc4)n3)cccc21. The molecule has 0 saturated heterocycles. The number of fused-ring (bicyclic) bond motifs is 12. The topological polar surface area (TPSA) is 25.8 Å². The van der Waals surface area contributed by atoms with Crippen LogP contribution >= 0.6 is 0 Å². The van der Waals surface area contributed by atoms with Gasteiger partial charge in [-0.1, -0.05) is 159 Å². The largest absolute Gasteiger partial charge is 0.228 e. The third kappa shape index (κ3) is 4.39. The predicted molar refractivity (Wildman–Crippen MR) is 223 cm³/mol. The Morgan fingerprint density at radius 2 is 0.925 bits per heavy atom. The molecule has 9 aromatic carbocycles. The van der Waals surface area contributed by atoms with Crippen molar-refractivity contribution in [3.8, 4) is 45.0 Å². The number of hydrogen-bond acceptors (Lipinski definition) is 2. The summed E-state index contributed by atoms with van der Waals surface area (Å²) in [6.45, 7) is 4.71. The van der Waals surface area contributed by atoms with Crippen LogP contribution in [0.4, 0.5) is 0 Å². The molecule has 10 aromatic rings. The Balaban J connectivity index is 1.24. The van der Waals surface area contributed by atoms with Gasteiger partial charge in [-0.25, -0.2) is 9.97 Å². The summed E-state index contributed by atoms with van der Waals surface area (Å²) < 4.78 is 0. The van der Waals surface area contributed by atoms with Gasteiger partial charge in [-0.05, 0) is 100 Å². The first-order chi connectivity index (χ1) is 26.0. The highest BCUT2D eigenvalue weighted by atomic mass is 14.9. The molecule has 0 N–H and O–H groups in total. The minimum Gasteiger partial charge on any atom is -0.228 e. The van der Waals surface area contributed by atoms with E-state index in [0.717, 1.165) is 33.9 Å². The Morgan fingerprint density at radius 3 is 1.64 bits per heavy atom. The molecule has 11 rings (SSSR count). The molecule has 0 aliphatic heterocycles. The lowest BCUT2D eigenvalue weighted by Gasteiger charge is -2.22. The number of hydrogen-bond donors (Lipinski definition) is 0. The van der Waals surface area contributed by atoms with E-state index in [2.05, 4.69) is 178 Å². The normalized spacial score (nSPS) is 13.2. The Hall–Kier alpha value is -6.64. The van der Waals surface area contributed by atoms with Crippen LogP contribution in [0.5, 0.6) is 0 Å². The summed E-state index contributed by atoms with van der Waals surface area (Å²) in [6, 6.07) is 61.7. The molecule has 0 atom stereocenters. The van der Waals surface area contributed by atoms with Crippen LogP contribution in [0.2, 0.25) is 0 Å². The van der Waals surface area contributed by atoms with E-state index in [0.29, 0.717) is 0 Å². The van der Waals surface area contributed by atoms with Crippen LogP contribution in [0.15, 0.2) is 170 Å². The molecular weight excluding hydrogens is 641 g/mol. The summed E-state index contributed by atoms with van der Waals surface area (Å²) in [5.41, 5.74) is 10.2.